The van der Waals surface area contributed by atoms with E-state index in [0.29, 0.717) is 11.3 Å². The van der Waals surface area contributed by atoms with Gasteiger partial charge in [-0.1, -0.05) is 36.1 Å². The molecule has 0 saturated heterocycles. The highest BCUT2D eigenvalue weighted by atomic mass is 32.2. The van der Waals surface area contributed by atoms with Crippen LogP contribution in [0.15, 0.2) is 27.4 Å². The average molecular weight is 297 g/mol. The van der Waals surface area contributed by atoms with E-state index in [1.54, 1.807) is 12.1 Å². The van der Waals surface area contributed by atoms with Gasteiger partial charge in [0.2, 0.25) is 0 Å². The molecule has 2 rings (SSSR count). The van der Waals surface area contributed by atoms with Crippen LogP contribution < -0.4 is 5.73 Å². The second-order valence-electron chi connectivity index (χ2n) is 4.33. The summed E-state index contributed by atoms with van der Waals surface area (Å²) >= 11 is 2.77. The van der Waals surface area contributed by atoms with Crippen molar-refractivity contribution in [3.63, 3.8) is 0 Å². The first-order valence-corrected chi connectivity index (χ1v) is 7.73. The monoisotopic (exact) mass is 297 g/mol. The van der Waals surface area contributed by atoms with Crippen molar-refractivity contribution in [1.82, 2.24) is 10.2 Å². The van der Waals surface area contributed by atoms with Crippen LogP contribution in [0.2, 0.25) is 0 Å². The quantitative estimate of drug-likeness (QED) is 0.919. The minimum absolute atomic E-state index is 0.0868. The van der Waals surface area contributed by atoms with Crippen LogP contribution in [0.4, 0.5) is 4.39 Å². The van der Waals surface area contributed by atoms with Crippen molar-refractivity contribution in [3.8, 4) is 0 Å². The van der Waals surface area contributed by atoms with E-state index >= 15 is 0 Å². The molecule has 1 unspecified atom stereocenters. The Labute approximate surface area is 120 Å². The number of hydrogen-bond acceptors (Lipinski definition) is 5. The van der Waals surface area contributed by atoms with Crippen LogP contribution in [0.3, 0.4) is 0 Å². The summed E-state index contributed by atoms with van der Waals surface area (Å²) in [7, 11) is 0. The first-order valence-electron chi connectivity index (χ1n) is 6.10. The summed E-state index contributed by atoms with van der Waals surface area (Å²) in [4.78, 5) is 0.574. The third-order valence-electron chi connectivity index (χ3n) is 2.72. The van der Waals surface area contributed by atoms with Gasteiger partial charge in [0, 0.05) is 6.04 Å². The Morgan fingerprint density at radius 2 is 2.21 bits per heavy atom. The molecular formula is C13H16FN3S2. The molecule has 0 aliphatic rings. The number of benzene rings is 1. The van der Waals surface area contributed by atoms with E-state index in [-0.39, 0.29) is 11.9 Å². The van der Waals surface area contributed by atoms with Crippen molar-refractivity contribution in [1.29, 1.82) is 0 Å². The van der Waals surface area contributed by atoms with Crippen LogP contribution in [-0.4, -0.2) is 16.2 Å². The first kappa shape index (κ1) is 14.4. The molecule has 0 bridgehead atoms. The highest BCUT2D eigenvalue weighted by Gasteiger charge is 2.10. The topological polar surface area (TPSA) is 51.8 Å². The normalized spacial score (nSPS) is 12.6. The molecule has 1 heterocycles. The van der Waals surface area contributed by atoms with Crippen molar-refractivity contribution in [2.45, 2.75) is 42.0 Å². The molecule has 0 aliphatic heterocycles. The number of nitrogens with zero attached hydrogens (tertiary/aromatic N) is 2. The maximum absolute atomic E-state index is 14.0. The molecule has 1 aromatic heterocycles. The van der Waals surface area contributed by atoms with E-state index in [1.165, 1.54) is 23.1 Å². The van der Waals surface area contributed by atoms with Gasteiger partial charge in [0.25, 0.3) is 0 Å². The molecule has 102 valence electrons. The summed E-state index contributed by atoms with van der Waals surface area (Å²) in [6.07, 6.45) is 1.60. The molecule has 19 heavy (non-hydrogen) atoms. The molecule has 0 saturated carbocycles. The Bertz CT molecular complexity index is 557. The molecule has 0 amide bonds. The largest absolute Gasteiger partial charge is 0.327 e. The van der Waals surface area contributed by atoms with Crippen LogP contribution in [0.1, 0.15) is 23.9 Å². The van der Waals surface area contributed by atoms with Crippen LogP contribution in [0, 0.1) is 12.7 Å². The number of hydrogen-bond donors (Lipinski definition) is 1. The van der Waals surface area contributed by atoms with Gasteiger partial charge >= 0.3 is 0 Å². The molecular weight excluding hydrogens is 281 g/mol. The molecule has 0 fully saturated rings. The van der Waals surface area contributed by atoms with Crippen LogP contribution in [-0.2, 0) is 6.42 Å². The zero-order valence-electron chi connectivity index (χ0n) is 10.9. The smallest absolute Gasteiger partial charge is 0.179 e. The number of aryl methyl sites for hydroxylation is 1. The lowest BCUT2D eigenvalue weighted by Gasteiger charge is -2.09. The number of nitrogens with two attached hydrogens (primary N) is 1. The lowest BCUT2D eigenvalue weighted by atomic mass is 10.0. The van der Waals surface area contributed by atoms with Gasteiger partial charge in [0.1, 0.15) is 10.8 Å². The molecule has 0 aliphatic carbocycles. The second kappa shape index (κ2) is 6.45. The van der Waals surface area contributed by atoms with E-state index in [4.69, 9.17) is 5.73 Å². The van der Waals surface area contributed by atoms with E-state index in [9.17, 15) is 4.39 Å². The Morgan fingerprint density at radius 1 is 1.42 bits per heavy atom. The van der Waals surface area contributed by atoms with E-state index in [0.717, 1.165) is 21.3 Å². The van der Waals surface area contributed by atoms with Gasteiger partial charge in [-0.3, -0.25) is 0 Å². The number of halogens is 1. The third-order valence-corrected chi connectivity index (χ3v) is 4.66. The minimum Gasteiger partial charge on any atom is -0.327 e. The van der Waals surface area contributed by atoms with Crippen LogP contribution in [0.5, 0.6) is 0 Å². The lowest BCUT2D eigenvalue weighted by Crippen LogP contribution is -2.21. The Balaban J connectivity index is 2.10. The molecule has 1 atom stereocenters. The van der Waals surface area contributed by atoms with Crippen molar-refractivity contribution >= 4 is 23.1 Å². The van der Waals surface area contributed by atoms with Gasteiger partial charge in [-0.25, -0.2) is 4.39 Å². The van der Waals surface area contributed by atoms with Gasteiger partial charge in [0.15, 0.2) is 4.34 Å². The number of aromatic nitrogens is 2. The zero-order valence-corrected chi connectivity index (χ0v) is 12.5. The standard InChI is InChI=1S/C13H16FN3S2/c1-3-10(15)6-9-4-5-12(11(14)7-9)19-13-17-16-8(2)18-13/h4-5,7,10H,3,6,15H2,1-2H3. The fraction of sp³-hybridized carbons (Fsp3) is 0.385. The summed E-state index contributed by atoms with van der Waals surface area (Å²) in [5.41, 5.74) is 6.81. The van der Waals surface area contributed by atoms with Crippen molar-refractivity contribution < 1.29 is 4.39 Å². The van der Waals surface area contributed by atoms with E-state index in [1.807, 2.05) is 19.9 Å². The minimum atomic E-state index is -0.223. The first-order chi connectivity index (χ1) is 9.08. The summed E-state index contributed by atoms with van der Waals surface area (Å²) < 4.78 is 14.8. The van der Waals surface area contributed by atoms with Crippen LogP contribution in [0.25, 0.3) is 0 Å². The van der Waals surface area contributed by atoms with Gasteiger partial charge in [-0.05, 0) is 37.5 Å². The maximum Gasteiger partial charge on any atom is 0.179 e. The van der Waals surface area contributed by atoms with Crippen molar-refractivity contribution in [2.75, 3.05) is 0 Å². The lowest BCUT2D eigenvalue weighted by molar-refractivity contribution is 0.593. The molecule has 0 radical (unpaired) electrons. The fourth-order valence-corrected chi connectivity index (χ4v) is 3.39. The van der Waals surface area contributed by atoms with E-state index < -0.39 is 0 Å². The SMILES string of the molecule is CCC(N)Cc1ccc(Sc2nnc(C)s2)c(F)c1. The summed E-state index contributed by atoms with van der Waals surface area (Å²) in [6, 6.07) is 5.36. The molecule has 3 nitrogen and oxygen atoms in total. The van der Waals surface area contributed by atoms with Gasteiger partial charge in [-0.2, -0.15) is 0 Å². The predicted octanol–water partition coefficient (Wildman–Crippen LogP) is 3.42. The summed E-state index contributed by atoms with van der Waals surface area (Å²) in [6.45, 7) is 3.91. The van der Waals surface area contributed by atoms with E-state index in [2.05, 4.69) is 10.2 Å². The van der Waals surface area contributed by atoms with Crippen molar-refractivity contribution in [3.05, 3.63) is 34.6 Å². The number of rotatable bonds is 5. The maximum atomic E-state index is 14.0. The molecule has 2 N–H and O–H groups in total. The molecule has 6 heteroatoms. The summed E-state index contributed by atoms with van der Waals surface area (Å²) in [5, 5.41) is 8.78. The highest BCUT2D eigenvalue weighted by Crippen LogP contribution is 2.32. The Hall–Kier alpha value is -0.980. The third kappa shape index (κ3) is 3.99. The Morgan fingerprint density at radius 3 is 2.79 bits per heavy atom. The molecule has 1 aromatic carbocycles. The van der Waals surface area contributed by atoms with Gasteiger partial charge in [-0.15, -0.1) is 10.2 Å². The average Bonchev–Trinajstić information content (AvgIpc) is 2.78. The van der Waals surface area contributed by atoms with Crippen LogP contribution >= 0.6 is 23.1 Å². The fourth-order valence-electron chi connectivity index (χ4n) is 1.61. The second-order valence-corrected chi connectivity index (χ2v) is 6.80. The Kier molecular flexibility index (Phi) is 4.90. The van der Waals surface area contributed by atoms with Gasteiger partial charge in [0.05, 0.1) is 4.90 Å². The highest BCUT2D eigenvalue weighted by molar-refractivity contribution is 8.01. The van der Waals surface area contributed by atoms with Gasteiger partial charge < -0.3 is 5.73 Å². The summed E-state index contributed by atoms with van der Waals surface area (Å²) in [5.74, 6) is -0.223. The predicted molar refractivity (Wildman–Crippen MR) is 77.1 cm³/mol. The van der Waals surface area contributed by atoms with Crippen molar-refractivity contribution in [2.24, 2.45) is 5.73 Å². The molecule has 2 aromatic rings. The molecule has 0 spiro atoms. The zero-order chi connectivity index (χ0) is 13.8.